The molecule has 0 aromatic rings. The van der Waals surface area contributed by atoms with E-state index in [1.54, 1.807) is 18.1 Å². The second-order valence-electron chi connectivity index (χ2n) is 4.65. The summed E-state index contributed by atoms with van der Waals surface area (Å²) in [6.45, 7) is 6.99. The van der Waals surface area contributed by atoms with Gasteiger partial charge in [0.05, 0.1) is 0 Å². The summed E-state index contributed by atoms with van der Waals surface area (Å²) < 4.78 is 0. The third-order valence-corrected chi connectivity index (χ3v) is 6.97. The lowest BCUT2D eigenvalue weighted by Crippen LogP contribution is -2.11. The monoisotopic (exact) mass is 214 g/mol. The van der Waals surface area contributed by atoms with Crippen molar-refractivity contribution < 1.29 is 0 Å². The molecule has 0 spiro atoms. The van der Waals surface area contributed by atoms with Crippen molar-refractivity contribution in [3.63, 3.8) is 0 Å². The van der Waals surface area contributed by atoms with Gasteiger partial charge in [0.25, 0.3) is 0 Å². The van der Waals surface area contributed by atoms with E-state index in [0.717, 1.165) is 0 Å². The summed E-state index contributed by atoms with van der Waals surface area (Å²) in [4.78, 5) is 0. The molecule has 0 aromatic heterocycles. The van der Waals surface area contributed by atoms with Crippen LogP contribution in [-0.2, 0) is 0 Å². The lowest BCUT2D eigenvalue weighted by molar-refractivity contribution is 0.742. The van der Waals surface area contributed by atoms with Crippen LogP contribution in [0.4, 0.5) is 0 Å². The van der Waals surface area contributed by atoms with Gasteiger partial charge in [-0.1, -0.05) is 83.8 Å². The highest BCUT2D eigenvalue weighted by Crippen LogP contribution is 2.16. The highest BCUT2D eigenvalue weighted by atomic mass is 28.3. The zero-order chi connectivity index (χ0) is 10.6. The van der Waals surface area contributed by atoms with Gasteiger partial charge >= 0.3 is 0 Å². The zero-order valence-electron chi connectivity index (χ0n) is 10.6. The van der Waals surface area contributed by atoms with Crippen molar-refractivity contribution in [1.29, 1.82) is 0 Å². The zero-order valence-corrected chi connectivity index (χ0v) is 11.8. The number of rotatable bonds is 10. The Hall–Kier alpha value is 0.217. The molecular formula is C13H30Si. The molecular weight excluding hydrogens is 184 g/mol. The van der Waals surface area contributed by atoms with Gasteiger partial charge in [-0.3, -0.25) is 0 Å². The van der Waals surface area contributed by atoms with Crippen LogP contribution in [0.5, 0.6) is 0 Å². The molecule has 14 heavy (non-hydrogen) atoms. The first kappa shape index (κ1) is 14.2. The molecule has 0 bridgehead atoms. The molecule has 0 N–H and O–H groups in total. The smallest absolute Gasteiger partial charge is 0.0367 e. The van der Waals surface area contributed by atoms with Gasteiger partial charge in [-0.15, -0.1) is 0 Å². The van der Waals surface area contributed by atoms with Crippen LogP contribution in [0.2, 0.25) is 18.1 Å². The lowest BCUT2D eigenvalue weighted by atomic mass is 10.3. The second kappa shape index (κ2) is 11.3. The first-order chi connectivity index (χ1) is 6.85. The van der Waals surface area contributed by atoms with Crippen molar-refractivity contribution in [2.45, 2.75) is 83.8 Å². The van der Waals surface area contributed by atoms with Crippen LogP contribution in [0.25, 0.3) is 0 Å². The Morgan fingerprint density at radius 1 is 0.571 bits per heavy atom. The van der Waals surface area contributed by atoms with E-state index in [4.69, 9.17) is 0 Å². The maximum atomic E-state index is 2.36. The molecule has 1 heteroatoms. The number of hydrogen-bond donors (Lipinski definition) is 0. The maximum Gasteiger partial charge on any atom is 0.0367 e. The Morgan fingerprint density at radius 2 is 1.07 bits per heavy atom. The van der Waals surface area contributed by atoms with Gasteiger partial charge in [0.1, 0.15) is 0 Å². The van der Waals surface area contributed by atoms with Crippen molar-refractivity contribution >= 4 is 8.80 Å². The van der Waals surface area contributed by atoms with Gasteiger partial charge in [0.2, 0.25) is 0 Å². The molecule has 86 valence electrons. The third-order valence-electron chi connectivity index (χ3n) is 3.13. The van der Waals surface area contributed by atoms with E-state index in [2.05, 4.69) is 20.8 Å². The molecule has 0 heterocycles. The Morgan fingerprint density at radius 3 is 1.43 bits per heavy atom. The summed E-state index contributed by atoms with van der Waals surface area (Å²) in [6.07, 6.45) is 10.2. The minimum absolute atomic E-state index is 0.297. The summed E-state index contributed by atoms with van der Waals surface area (Å²) >= 11 is 0. The number of hydrogen-bond acceptors (Lipinski definition) is 0. The maximum absolute atomic E-state index is 2.36. The SMILES string of the molecule is CCCCC[SiH](CCC)CCCCC. The van der Waals surface area contributed by atoms with Gasteiger partial charge in [0, 0.05) is 8.80 Å². The van der Waals surface area contributed by atoms with Crippen LogP contribution in [0, 0.1) is 0 Å². The summed E-state index contributed by atoms with van der Waals surface area (Å²) in [5.74, 6) is 0. The molecule has 0 aliphatic heterocycles. The first-order valence-electron chi connectivity index (χ1n) is 6.85. The van der Waals surface area contributed by atoms with Crippen molar-refractivity contribution in [1.82, 2.24) is 0 Å². The molecule has 0 atom stereocenters. The summed E-state index contributed by atoms with van der Waals surface area (Å²) in [5, 5.41) is 0. The molecule has 0 saturated heterocycles. The fourth-order valence-electron chi connectivity index (χ4n) is 2.21. The Kier molecular flexibility index (Phi) is 11.5. The van der Waals surface area contributed by atoms with E-state index in [0.29, 0.717) is 0 Å². The van der Waals surface area contributed by atoms with E-state index in [-0.39, 0.29) is 8.80 Å². The van der Waals surface area contributed by atoms with E-state index in [1.807, 2.05) is 0 Å². The highest BCUT2D eigenvalue weighted by Gasteiger charge is 2.08. The predicted molar refractivity (Wildman–Crippen MR) is 70.9 cm³/mol. The lowest BCUT2D eigenvalue weighted by Gasteiger charge is -2.13. The molecule has 0 fully saturated rings. The van der Waals surface area contributed by atoms with E-state index in [9.17, 15) is 0 Å². The standard InChI is InChI=1S/C13H30Si/c1-4-7-9-12-14(11-6-3)13-10-8-5-2/h14H,4-13H2,1-3H3. The molecule has 0 rings (SSSR count). The molecule has 0 aliphatic carbocycles. The molecule has 0 unspecified atom stereocenters. The highest BCUT2D eigenvalue weighted by molar-refractivity contribution is 6.58. The van der Waals surface area contributed by atoms with Crippen molar-refractivity contribution in [3.8, 4) is 0 Å². The molecule has 0 amide bonds. The normalized spacial score (nSPS) is 11.1. The molecule has 0 saturated carbocycles. The molecule has 0 aromatic carbocycles. The van der Waals surface area contributed by atoms with Gasteiger partial charge in [-0.05, 0) is 0 Å². The predicted octanol–water partition coefficient (Wildman–Crippen LogP) is 5.00. The fourth-order valence-corrected chi connectivity index (χ4v) is 5.62. The van der Waals surface area contributed by atoms with E-state index < -0.39 is 0 Å². The average Bonchev–Trinajstić information content (AvgIpc) is 2.18. The van der Waals surface area contributed by atoms with Crippen molar-refractivity contribution in [2.75, 3.05) is 0 Å². The fraction of sp³-hybridized carbons (Fsp3) is 1.00. The minimum atomic E-state index is -0.297. The van der Waals surface area contributed by atoms with Crippen LogP contribution in [0.3, 0.4) is 0 Å². The van der Waals surface area contributed by atoms with Crippen molar-refractivity contribution in [3.05, 3.63) is 0 Å². The van der Waals surface area contributed by atoms with Gasteiger partial charge in [0.15, 0.2) is 0 Å². The third kappa shape index (κ3) is 8.80. The van der Waals surface area contributed by atoms with Crippen molar-refractivity contribution in [2.24, 2.45) is 0 Å². The Bertz CT molecular complexity index is 91.4. The summed E-state index contributed by atoms with van der Waals surface area (Å²) in [7, 11) is -0.297. The van der Waals surface area contributed by atoms with Crippen LogP contribution >= 0.6 is 0 Å². The van der Waals surface area contributed by atoms with Gasteiger partial charge in [-0.25, -0.2) is 0 Å². The quantitative estimate of drug-likeness (QED) is 0.354. The Balaban J connectivity index is 3.44. The van der Waals surface area contributed by atoms with E-state index in [1.165, 1.54) is 44.9 Å². The molecule has 0 radical (unpaired) electrons. The number of unbranched alkanes of at least 4 members (excludes halogenated alkanes) is 4. The second-order valence-corrected chi connectivity index (χ2v) is 8.11. The van der Waals surface area contributed by atoms with E-state index >= 15 is 0 Å². The Labute approximate surface area is 93.1 Å². The van der Waals surface area contributed by atoms with Crippen LogP contribution in [-0.4, -0.2) is 8.80 Å². The first-order valence-corrected chi connectivity index (χ1v) is 9.30. The minimum Gasteiger partial charge on any atom is -0.0657 e. The van der Waals surface area contributed by atoms with Crippen LogP contribution < -0.4 is 0 Å². The molecule has 0 aliphatic rings. The summed E-state index contributed by atoms with van der Waals surface area (Å²) in [6, 6.07) is 4.87. The van der Waals surface area contributed by atoms with Gasteiger partial charge in [-0.2, -0.15) is 0 Å². The summed E-state index contributed by atoms with van der Waals surface area (Å²) in [5.41, 5.74) is 0. The van der Waals surface area contributed by atoms with Crippen LogP contribution in [0.15, 0.2) is 0 Å². The van der Waals surface area contributed by atoms with Gasteiger partial charge < -0.3 is 0 Å². The topological polar surface area (TPSA) is 0 Å². The van der Waals surface area contributed by atoms with Crippen LogP contribution in [0.1, 0.15) is 65.7 Å². The molecule has 0 nitrogen and oxygen atoms in total. The average molecular weight is 214 g/mol. The largest absolute Gasteiger partial charge is 0.0657 e.